The van der Waals surface area contributed by atoms with E-state index < -0.39 is 0 Å². The summed E-state index contributed by atoms with van der Waals surface area (Å²) in [5.41, 5.74) is 11.1. The predicted octanol–water partition coefficient (Wildman–Crippen LogP) is 12.1. The fourth-order valence-corrected chi connectivity index (χ4v) is 8.09. The molecule has 48 heavy (non-hydrogen) atoms. The molecule has 0 spiro atoms. The topological polar surface area (TPSA) is 24.9 Å². The van der Waals surface area contributed by atoms with Gasteiger partial charge in [0.2, 0.25) is 0 Å². The van der Waals surface area contributed by atoms with Gasteiger partial charge in [-0.15, -0.1) is 0 Å². The molecule has 9 rings (SSSR count). The van der Waals surface area contributed by atoms with Crippen molar-refractivity contribution < 1.29 is 0 Å². The minimum Gasteiger partial charge on any atom is -0.387 e. The van der Waals surface area contributed by atoms with E-state index in [1.807, 2.05) is 6.20 Å². The van der Waals surface area contributed by atoms with Crippen molar-refractivity contribution in [2.24, 2.45) is 0 Å². The van der Waals surface area contributed by atoms with Gasteiger partial charge in [-0.05, 0) is 114 Å². The van der Waals surface area contributed by atoms with E-state index in [4.69, 9.17) is 4.98 Å². The zero-order chi connectivity index (χ0) is 31.9. The maximum Gasteiger partial charge on any atom is 0.0708 e. The number of fused-ring (bicyclic) bond motifs is 3. The summed E-state index contributed by atoms with van der Waals surface area (Å²) in [4.78, 5) is 4.73. The lowest BCUT2D eigenvalue weighted by Crippen LogP contribution is -2.08. The van der Waals surface area contributed by atoms with Gasteiger partial charge < -0.3 is 5.32 Å². The summed E-state index contributed by atoms with van der Waals surface area (Å²) >= 11 is 0. The van der Waals surface area contributed by atoms with Gasteiger partial charge in [-0.3, -0.25) is 4.98 Å². The van der Waals surface area contributed by atoms with Gasteiger partial charge in [0.05, 0.1) is 5.69 Å². The number of hydrogen-bond donors (Lipinski definition) is 1. The van der Waals surface area contributed by atoms with Crippen molar-refractivity contribution in [1.29, 1.82) is 0 Å². The van der Waals surface area contributed by atoms with Crippen LogP contribution in [0.1, 0.15) is 49.1 Å². The van der Waals surface area contributed by atoms with Crippen LogP contribution >= 0.6 is 0 Å². The molecule has 0 atom stereocenters. The first-order valence-electron chi connectivity index (χ1n) is 17.4. The zero-order valence-electron chi connectivity index (χ0n) is 27.1. The molecule has 6 aromatic carbocycles. The van der Waals surface area contributed by atoms with Crippen LogP contribution in [0.2, 0.25) is 0 Å². The third kappa shape index (κ3) is 5.18. The quantitative estimate of drug-likeness (QED) is 0.194. The molecule has 1 aliphatic carbocycles. The van der Waals surface area contributed by atoms with Gasteiger partial charge in [0.15, 0.2) is 0 Å². The highest BCUT2D eigenvalue weighted by Crippen LogP contribution is 2.44. The molecule has 2 heteroatoms. The molecule has 0 bridgehead atoms. The van der Waals surface area contributed by atoms with Crippen LogP contribution in [0.3, 0.4) is 0 Å². The van der Waals surface area contributed by atoms with Crippen LogP contribution in [0, 0.1) is 0 Å². The van der Waals surface area contributed by atoms with E-state index in [-0.39, 0.29) is 0 Å². The average molecular weight is 619 g/mol. The predicted molar refractivity (Wildman–Crippen MR) is 204 cm³/mol. The summed E-state index contributed by atoms with van der Waals surface area (Å²) in [6, 6.07) is 45.4. The molecular weight excluding hydrogens is 581 g/mol. The molecule has 232 valence electrons. The molecule has 2 heterocycles. The number of aromatic nitrogens is 1. The van der Waals surface area contributed by atoms with Gasteiger partial charge in [0, 0.05) is 24.5 Å². The first-order chi connectivity index (χ1) is 23.8. The summed E-state index contributed by atoms with van der Waals surface area (Å²) in [6.07, 6.45) is 15.1. The molecule has 0 radical (unpaired) electrons. The summed E-state index contributed by atoms with van der Waals surface area (Å²) < 4.78 is 0. The lowest BCUT2D eigenvalue weighted by molar-refractivity contribution is 0.443. The lowest BCUT2D eigenvalue weighted by Gasteiger charge is -2.22. The number of hydrogen-bond acceptors (Lipinski definition) is 2. The molecule has 1 fully saturated rings. The molecule has 0 amide bonds. The minimum atomic E-state index is 0.711. The standard InChI is InChI=1S/C46H38N2/c1-2-9-31(10-3-1)32-16-18-33(19-17-32)45-40-12-4-6-14-42(40)46(43-15-7-5-13-41(43)45)38-23-21-34-27-37(22-20-35(34)28-38)44-29-36(24-26-48-44)39-11-8-25-47-30-39/h4-8,11-24,26-31,47H,1-3,9-10,25H2. The minimum absolute atomic E-state index is 0.711. The monoisotopic (exact) mass is 618 g/mol. The third-order valence-electron chi connectivity index (χ3n) is 10.5. The number of nitrogens with zero attached hydrogens (tertiary/aromatic N) is 1. The highest BCUT2D eigenvalue weighted by Gasteiger charge is 2.19. The first-order valence-corrected chi connectivity index (χ1v) is 17.4. The van der Waals surface area contributed by atoms with Crippen LogP contribution in [0.15, 0.2) is 146 Å². The summed E-state index contributed by atoms with van der Waals surface area (Å²) in [6.45, 7) is 0.873. The molecule has 0 saturated heterocycles. The van der Waals surface area contributed by atoms with Crippen molar-refractivity contribution in [3.05, 3.63) is 157 Å². The largest absolute Gasteiger partial charge is 0.387 e. The molecule has 0 unspecified atom stereocenters. The molecule has 1 saturated carbocycles. The molecule has 2 aliphatic rings. The number of benzene rings is 6. The lowest BCUT2D eigenvalue weighted by atomic mass is 9.82. The van der Waals surface area contributed by atoms with Crippen molar-refractivity contribution in [2.45, 2.75) is 38.0 Å². The Labute approximate surface area is 282 Å². The van der Waals surface area contributed by atoms with Crippen molar-refractivity contribution in [3.63, 3.8) is 0 Å². The number of dihydropyridines is 1. The SMILES string of the molecule is C1=CC(c2ccnc(-c3ccc4cc(-c5c6ccccc6c(-c6ccc(C7CCCCC7)cc6)c6ccccc56)ccc4c3)c2)=CNC1. The molecule has 2 nitrogen and oxygen atoms in total. The van der Waals surface area contributed by atoms with E-state index in [2.05, 4.69) is 145 Å². The number of allylic oxidation sites excluding steroid dienone is 2. The number of nitrogens with one attached hydrogen (secondary N) is 1. The fraction of sp³-hybridized carbons (Fsp3) is 0.152. The maximum absolute atomic E-state index is 4.73. The smallest absolute Gasteiger partial charge is 0.0708 e. The van der Waals surface area contributed by atoms with Crippen LogP contribution in [0.25, 0.3) is 71.4 Å². The van der Waals surface area contributed by atoms with E-state index in [1.54, 1.807) is 0 Å². The number of rotatable bonds is 5. The van der Waals surface area contributed by atoms with Gasteiger partial charge >= 0.3 is 0 Å². The molecular formula is C46H38N2. The Morgan fingerprint density at radius 2 is 1.15 bits per heavy atom. The Morgan fingerprint density at radius 3 is 1.79 bits per heavy atom. The first kappa shape index (κ1) is 28.7. The van der Waals surface area contributed by atoms with Crippen molar-refractivity contribution in [1.82, 2.24) is 10.3 Å². The Hall–Kier alpha value is -5.47. The second-order valence-corrected chi connectivity index (χ2v) is 13.4. The zero-order valence-corrected chi connectivity index (χ0v) is 27.1. The van der Waals surface area contributed by atoms with Crippen LogP contribution in [-0.2, 0) is 0 Å². The maximum atomic E-state index is 4.73. The van der Waals surface area contributed by atoms with Gasteiger partial charge in [0.25, 0.3) is 0 Å². The Morgan fingerprint density at radius 1 is 0.542 bits per heavy atom. The second-order valence-electron chi connectivity index (χ2n) is 13.4. The van der Waals surface area contributed by atoms with Crippen LogP contribution in [0.4, 0.5) is 0 Å². The number of pyridine rings is 1. The van der Waals surface area contributed by atoms with Crippen molar-refractivity contribution in [2.75, 3.05) is 6.54 Å². The molecule has 1 aromatic heterocycles. The van der Waals surface area contributed by atoms with E-state index in [9.17, 15) is 0 Å². The van der Waals surface area contributed by atoms with E-state index in [1.165, 1.54) is 103 Å². The highest BCUT2D eigenvalue weighted by molar-refractivity contribution is 6.21. The molecule has 7 aromatic rings. The Bertz CT molecular complexity index is 2310. The van der Waals surface area contributed by atoms with Gasteiger partial charge in [-0.1, -0.05) is 128 Å². The van der Waals surface area contributed by atoms with Gasteiger partial charge in [0.1, 0.15) is 0 Å². The molecule has 1 N–H and O–H groups in total. The van der Waals surface area contributed by atoms with Crippen molar-refractivity contribution >= 4 is 37.9 Å². The summed E-state index contributed by atoms with van der Waals surface area (Å²) in [7, 11) is 0. The third-order valence-corrected chi connectivity index (χ3v) is 10.5. The van der Waals surface area contributed by atoms with Crippen LogP contribution in [-0.4, -0.2) is 11.5 Å². The van der Waals surface area contributed by atoms with Gasteiger partial charge in [-0.2, -0.15) is 0 Å². The van der Waals surface area contributed by atoms with Gasteiger partial charge in [-0.25, -0.2) is 0 Å². The average Bonchev–Trinajstić information content (AvgIpc) is 3.17. The van der Waals surface area contributed by atoms with E-state index >= 15 is 0 Å². The second kappa shape index (κ2) is 12.3. The van der Waals surface area contributed by atoms with E-state index in [0.29, 0.717) is 5.92 Å². The highest BCUT2D eigenvalue weighted by atomic mass is 14.8. The Kier molecular flexibility index (Phi) is 7.35. The van der Waals surface area contributed by atoms with Crippen molar-refractivity contribution in [3.8, 4) is 33.5 Å². The molecule has 1 aliphatic heterocycles. The normalized spacial score (nSPS) is 15.1. The van der Waals surface area contributed by atoms with Crippen LogP contribution < -0.4 is 5.32 Å². The summed E-state index contributed by atoms with van der Waals surface area (Å²) in [5.74, 6) is 0.711. The fourth-order valence-electron chi connectivity index (χ4n) is 8.09. The van der Waals surface area contributed by atoms with E-state index in [0.717, 1.165) is 17.8 Å². The Balaban J connectivity index is 1.14. The van der Waals surface area contributed by atoms with Crippen LogP contribution in [0.5, 0.6) is 0 Å². The summed E-state index contributed by atoms with van der Waals surface area (Å²) in [5, 5.41) is 10.9.